The lowest BCUT2D eigenvalue weighted by Crippen LogP contribution is -2.54. The number of benzene rings is 2. The Morgan fingerprint density at radius 3 is 2.48 bits per heavy atom. The van der Waals surface area contributed by atoms with Crippen LogP contribution in [0.4, 0.5) is 15.8 Å². The second-order valence-corrected chi connectivity index (χ2v) is 11.4. The van der Waals surface area contributed by atoms with Gasteiger partial charge in [0.1, 0.15) is 15.8 Å². The second kappa shape index (κ2) is 9.32. The number of ether oxygens (including phenoxy) is 1. The zero-order valence-electron chi connectivity index (χ0n) is 19.1. The summed E-state index contributed by atoms with van der Waals surface area (Å²) in [5.41, 5.74) is 2.38. The van der Waals surface area contributed by atoms with E-state index in [1.807, 2.05) is 6.07 Å². The van der Waals surface area contributed by atoms with E-state index >= 15 is 0 Å². The van der Waals surface area contributed by atoms with E-state index in [4.69, 9.17) is 4.74 Å². The summed E-state index contributed by atoms with van der Waals surface area (Å²) in [6, 6.07) is 14.1. The van der Waals surface area contributed by atoms with Gasteiger partial charge in [-0.2, -0.15) is 0 Å². The topological polar surface area (TPSA) is 70.7 Å². The standard InChI is InChI=1S/C24H28FN3O3S2/c1-15-11-23(32-24(15)19-7-5-6-8-20(19)25)33(29,30)27-21-12-18(9-10-22(21)31-4)28-13-16(2)26-17(3)14-28/h5-12,16-17,26-27H,13-14H2,1-4H3. The molecule has 2 N–H and O–H groups in total. The Morgan fingerprint density at radius 2 is 1.82 bits per heavy atom. The van der Waals surface area contributed by atoms with Gasteiger partial charge in [0.15, 0.2) is 0 Å². The maximum absolute atomic E-state index is 14.3. The van der Waals surface area contributed by atoms with Gasteiger partial charge in [0.2, 0.25) is 0 Å². The number of nitrogens with zero attached hydrogens (tertiary/aromatic N) is 1. The highest BCUT2D eigenvalue weighted by molar-refractivity contribution is 7.94. The van der Waals surface area contributed by atoms with Crippen molar-refractivity contribution < 1.29 is 17.5 Å². The molecule has 2 atom stereocenters. The van der Waals surface area contributed by atoms with Crippen LogP contribution < -0.4 is 19.7 Å². The molecule has 33 heavy (non-hydrogen) atoms. The molecule has 0 saturated carbocycles. The molecule has 0 bridgehead atoms. The van der Waals surface area contributed by atoms with E-state index < -0.39 is 10.0 Å². The number of sulfonamides is 1. The molecule has 2 heterocycles. The Hall–Kier alpha value is -2.62. The van der Waals surface area contributed by atoms with Crippen LogP contribution in [0.5, 0.6) is 5.75 Å². The quantitative estimate of drug-likeness (QED) is 0.518. The maximum atomic E-state index is 14.3. The van der Waals surface area contributed by atoms with Crippen molar-refractivity contribution >= 4 is 32.7 Å². The molecule has 1 aliphatic rings. The van der Waals surface area contributed by atoms with Gasteiger partial charge in [-0.3, -0.25) is 4.72 Å². The molecule has 2 unspecified atom stereocenters. The molecule has 176 valence electrons. The maximum Gasteiger partial charge on any atom is 0.271 e. The number of hydrogen-bond acceptors (Lipinski definition) is 6. The number of thiophene rings is 1. The number of rotatable bonds is 6. The SMILES string of the molecule is COc1ccc(N2CC(C)NC(C)C2)cc1NS(=O)(=O)c1cc(C)c(-c2ccccc2F)s1. The van der Waals surface area contributed by atoms with E-state index in [0.717, 1.165) is 30.1 Å². The van der Waals surface area contributed by atoms with Gasteiger partial charge in [0, 0.05) is 41.3 Å². The molecular formula is C24H28FN3O3S2. The van der Waals surface area contributed by atoms with Gasteiger partial charge < -0.3 is 15.0 Å². The first kappa shape index (κ1) is 23.5. The van der Waals surface area contributed by atoms with Gasteiger partial charge in [-0.25, -0.2) is 12.8 Å². The van der Waals surface area contributed by atoms with Crippen molar-refractivity contribution in [2.75, 3.05) is 29.8 Å². The third-order valence-corrected chi connectivity index (χ3v) is 8.74. The summed E-state index contributed by atoms with van der Waals surface area (Å²) >= 11 is 1.05. The van der Waals surface area contributed by atoms with Gasteiger partial charge in [-0.1, -0.05) is 18.2 Å². The number of hydrogen-bond donors (Lipinski definition) is 2. The molecule has 1 saturated heterocycles. The molecule has 1 fully saturated rings. The van der Waals surface area contributed by atoms with E-state index in [1.165, 1.54) is 13.2 Å². The highest BCUT2D eigenvalue weighted by Crippen LogP contribution is 2.38. The van der Waals surface area contributed by atoms with Gasteiger partial charge >= 0.3 is 0 Å². The van der Waals surface area contributed by atoms with Crippen LogP contribution in [-0.4, -0.2) is 40.7 Å². The lowest BCUT2D eigenvalue weighted by molar-refractivity contribution is 0.406. The Balaban J connectivity index is 1.66. The minimum absolute atomic E-state index is 0.120. The van der Waals surface area contributed by atoms with Gasteiger partial charge in [-0.05, 0) is 56.7 Å². The van der Waals surface area contributed by atoms with Crippen molar-refractivity contribution in [1.82, 2.24) is 5.32 Å². The number of piperazine rings is 1. The van der Waals surface area contributed by atoms with E-state index in [9.17, 15) is 12.8 Å². The molecule has 0 spiro atoms. The summed E-state index contributed by atoms with van der Waals surface area (Å²) in [6.45, 7) is 7.67. The van der Waals surface area contributed by atoms with Crippen molar-refractivity contribution in [1.29, 1.82) is 0 Å². The average molecular weight is 490 g/mol. The fraction of sp³-hybridized carbons (Fsp3) is 0.333. The predicted octanol–water partition coefficient (Wildman–Crippen LogP) is 4.86. The highest BCUT2D eigenvalue weighted by Gasteiger charge is 2.25. The summed E-state index contributed by atoms with van der Waals surface area (Å²) in [6.07, 6.45) is 0. The van der Waals surface area contributed by atoms with Gasteiger partial charge in [-0.15, -0.1) is 11.3 Å². The van der Waals surface area contributed by atoms with Crippen LogP contribution in [0.3, 0.4) is 0 Å². The third kappa shape index (κ3) is 5.00. The fourth-order valence-electron chi connectivity index (χ4n) is 4.20. The van der Waals surface area contributed by atoms with Crippen LogP contribution >= 0.6 is 11.3 Å². The second-order valence-electron chi connectivity index (χ2n) is 8.42. The number of halogens is 1. The number of methoxy groups -OCH3 is 1. The molecule has 0 radical (unpaired) electrons. The minimum Gasteiger partial charge on any atom is -0.495 e. The number of anilines is 2. The summed E-state index contributed by atoms with van der Waals surface area (Å²) in [7, 11) is -2.39. The highest BCUT2D eigenvalue weighted by atomic mass is 32.2. The Morgan fingerprint density at radius 1 is 1.12 bits per heavy atom. The van der Waals surface area contributed by atoms with Crippen molar-refractivity contribution in [3.05, 3.63) is 59.9 Å². The first-order chi connectivity index (χ1) is 15.7. The van der Waals surface area contributed by atoms with Crippen LogP contribution in [0, 0.1) is 12.7 Å². The molecule has 2 aromatic carbocycles. The lowest BCUT2D eigenvalue weighted by Gasteiger charge is -2.38. The van der Waals surface area contributed by atoms with E-state index in [0.29, 0.717) is 39.5 Å². The number of aryl methyl sites for hydroxylation is 1. The van der Waals surface area contributed by atoms with E-state index in [-0.39, 0.29) is 10.0 Å². The number of nitrogens with one attached hydrogen (secondary N) is 2. The molecule has 1 aliphatic heterocycles. The van der Waals surface area contributed by atoms with E-state index in [1.54, 1.807) is 43.3 Å². The first-order valence-electron chi connectivity index (χ1n) is 10.7. The lowest BCUT2D eigenvalue weighted by atomic mass is 10.1. The molecule has 9 heteroatoms. The summed E-state index contributed by atoms with van der Waals surface area (Å²) in [4.78, 5) is 2.83. The van der Waals surface area contributed by atoms with Crippen LogP contribution in [0.25, 0.3) is 10.4 Å². The third-order valence-electron chi connectivity index (χ3n) is 5.63. The zero-order valence-corrected chi connectivity index (χ0v) is 20.7. The average Bonchev–Trinajstić information content (AvgIpc) is 3.15. The largest absolute Gasteiger partial charge is 0.495 e. The van der Waals surface area contributed by atoms with E-state index in [2.05, 4.69) is 28.8 Å². The molecule has 3 aromatic rings. The first-order valence-corrected chi connectivity index (χ1v) is 13.0. The van der Waals surface area contributed by atoms with Crippen molar-refractivity contribution in [2.45, 2.75) is 37.1 Å². The van der Waals surface area contributed by atoms with Crippen LogP contribution in [0.2, 0.25) is 0 Å². The van der Waals surface area contributed by atoms with Gasteiger partial charge in [0.25, 0.3) is 10.0 Å². The monoisotopic (exact) mass is 489 g/mol. The molecule has 1 aromatic heterocycles. The summed E-state index contributed by atoms with van der Waals surface area (Å²) in [5, 5.41) is 3.50. The normalized spacial score (nSPS) is 18.9. The Labute approximate surface area is 198 Å². The summed E-state index contributed by atoms with van der Waals surface area (Å²) in [5.74, 6) is 0.0503. The molecule has 6 nitrogen and oxygen atoms in total. The minimum atomic E-state index is -3.90. The fourth-order valence-corrected chi connectivity index (χ4v) is 6.83. The molecular weight excluding hydrogens is 461 g/mol. The summed E-state index contributed by atoms with van der Waals surface area (Å²) < 4.78 is 49.1. The van der Waals surface area contributed by atoms with Crippen molar-refractivity contribution in [3.63, 3.8) is 0 Å². The van der Waals surface area contributed by atoms with Crippen LogP contribution in [0.1, 0.15) is 19.4 Å². The molecule has 4 rings (SSSR count). The van der Waals surface area contributed by atoms with Crippen LogP contribution in [-0.2, 0) is 10.0 Å². The van der Waals surface area contributed by atoms with Crippen molar-refractivity contribution in [2.24, 2.45) is 0 Å². The smallest absolute Gasteiger partial charge is 0.271 e. The molecule has 0 aliphatic carbocycles. The van der Waals surface area contributed by atoms with Crippen molar-refractivity contribution in [3.8, 4) is 16.2 Å². The Bertz CT molecular complexity index is 1250. The Kier molecular flexibility index (Phi) is 6.65. The zero-order chi connectivity index (χ0) is 23.8. The van der Waals surface area contributed by atoms with Crippen LogP contribution in [0.15, 0.2) is 52.7 Å². The molecule has 0 amide bonds. The predicted molar refractivity (Wildman–Crippen MR) is 133 cm³/mol. The van der Waals surface area contributed by atoms with Gasteiger partial charge in [0.05, 0.1) is 12.8 Å².